The maximum absolute atomic E-state index is 6.24. The third-order valence-corrected chi connectivity index (χ3v) is 15.7. The van der Waals surface area contributed by atoms with Gasteiger partial charge >= 0.3 is 0 Å². The van der Waals surface area contributed by atoms with Crippen molar-refractivity contribution in [3.63, 3.8) is 0 Å². The Morgan fingerprint density at radius 2 is 0.562 bits per heavy atom. The molecule has 3 aromatic heterocycles. The van der Waals surface area contributed by atoms with E-state index in [0.717, 1.165) is 89.6 Å². The first kappa shape index (κ1) is 48.4. The van der Waals surface area contributed by atoms with Gasteiger partial charge in [0.2, 0.25) is 0 Å². The number of aromatic nitrogens is 3. The molecule has 384 valence electrons. The van der Waals surface area contributed by atoms with Crippen LogP contribution in [0.1, 0.15) is 33.4 Å². The number of benzene rings is 11. The maximum atomic E-state index is 6.24. The molecule has 6 heteroatoms. The molecule has 14 rings (SSSR count). The molecule has 3 heterocycles. The Hall–Kier alpha value is -9.98. The number of hydrogen-bond acceptors (Lipinski definition) is 3. The van der Waals surface area contributed by atoms with E-state index in [1.165, 1.54) is 43.4 Å². The van der Waals surface area contributed by atoms with Gasteiger partial charge in [-0.2, -0.15) is 0 Å². The summed E-state index contributed by atoms with van der Waals surface area (Å²) in [5.74, 6) is 0. The van der Waals surface area contributed by atoms with Crippen LogP contribution in [0.15, 0.2) is 268 Å². The predicted molar refractivity (Wildman–Crippen MR) is 334 cm³/mol. The van der Waals surface area contributed by atoms with Gasteiger partial charge in [0.25, 0.3) is 0 Å². The molecule has 0 aliphatic rings. The largest absolute Gasteiger partial charge is 0.372 e. The summed E-state index contributed by atoms with van der Waals surface area (Å²) in [5, 5.41) is 7.30. The third kappa shape index (κ3) is 8.83. The molecule has 0 unspecified atom stereocenters. The zero-order valence-electron chi connectivity index (χ0n) is 44.3. The quantitative estimate of drug-likeness (QED) is 0.0968. The Bertz CT molecular complexity index is 4330. The van der Waals surface area contributed by atoms with E-state index < -0.39 is 0 Å². The van der Waals surface area contributed by atoms with Gasteiger partial charge in [-0.05, 0) is 155 Å². The summed E-state index contributed by atoms with van der Waals surface area (Å²) in [7, 11) is 0. The molecule has 0 radical (unpaired) electrons. The molecule has 0 saturated heterocycles. The smallest absolute Gasteiger partial charge is 0.0721 e. The lowest BCUT2D eigenvalue weighted by Gasteiger charge is -2.26. The SMILES string of the molecule is C=Cc1ccc(COCc2ccc3c(c2)c2ccccc2n3-c2ccc(N(c3ccc(-n4c5ccccc5c5ccccc54)cc3)c3ccc(-n4c5ccccc5c5cc(COCc6ccc(C=C)cc6)ccc54)cc3)cc2)cc1. The van der Waals surface area contributed by atoms with Gasteiger partial charge in [0, 0.05) is 66.4 Å². The van der Waals surface area contributed by atoms with Crippen LogP contribution in [0.3, 0.4) is 0 Å². The van der Waals surface area contributed by atoms with Gasteiger partial charge in [-0.15, -0.1) is 0 Å². The fourth-order valence-electron chi connectivity index (χ4n) is 11.7. The van der Waals surface area contributed by atoms with Crippen molar-refractivity contribution in [3.8, 4) is 17.1 Å². The van der Waals surface area contributed by atoms with Gasteiger partial charge in [-0.25, -0.2) is 0 Å². The Balaban J connectivity index is 0.810. The van der Waals surface area contributed by atoms with Crippen LogP contribution in [0.25, 0.3) is 94.6 Å². The van der Waals surface area contributed by atoms with Crippen molar-refractivity contribution < 1.29 is 9.47 Å². The number of hydrogen-bond donors (Lipinski definition) is 0. The Kier molecular flexibility index (Phi) is 12.6. The summed E-state index contributed by atoms with van der Waals surface area (Å²) in [6.07, 6.45) is 3.72. The van der Waals surface area contributed by atoms with Gasteiger partial charge in [0.05, 0.1) is 59.5 Å². The van der Waals surface area contributed by atoms with Crippen LogP contribution >= 0.6 is 0 Å². The van der Waals surface area contributed by atoms with E-state index in [9.17, 15) is 0 Å². The average molecular weight is 1030 g/mol. The van der Waals surface area contributed by atoms with Crippen LogP contribution in [0.4, 0.5) is 17.1 Å². The summed E-state index contributed by atoms with van der Waals surface area (Å²) in [6.45, 7) is 9.90. The summed E-state index contributed by atoms with van der Waals surface area (Å²) in [6, 6.07) is 91.9. The first-order chi connectivity index (χ1) is 39.6. The van der Waals surface area contributed by atoms with Gasteiger partial charge in [-0.3, -0.25) is 0 Å². The molecule has 0 atom stereocenters. The molecule has 0 amide bonds. The van der Waals surface area contributed by atoms with Crippen LogP contribution in [-0.2, 0) is 35.9 Å². The van der Waals surface area contributed by atoms with Crippen molar-refractivity contribution in [1.82, 2.24) is 13.7 Å². The van der Waals surface area contributed by atoms with E-state index >= 15 is 0 Å². The molecule has 0 N–H and O–H groups in total. The van der Waals surface area contributed by atoms with E-state index in [1.54, 1.807) is 0 Å². The lowest BCUT2D eigenvalue weighted by Crippen LogP contribution is -2.10. The number of rotatable bonds is 16. The molecule has 0 aliphatic heterocycles. The Labute approximate surface area is 465 Å². The van der Waals surface area contributed by atoms with E-state index in [2.05, 4.69) is 287 Å². The number of nitrogens with zero attached hydrogens (tertiary/aromatic N) is 4. The molecule has 0 bridgehead atoms. The van der Waals surface area contributed by atoms with Gasteiger partial charge in [-0.1, -0.05) is 159 Å². The topological polar surface area (TPSA) is 36.5 Å². The van der Waals surface area contributed by atoms with Crippen LogP contribution in [0.5, 0.6) is 0 Å². The van der Waals surface area contributed by atoms with E-state index in [1.807, 2.05) is 12.2 Å². The lowest BCUT2D eigenvalue weighted by atomic mass is 10.1. The van der Waals surface area contributed by atoms with E-state index in [4.69, 9.17) is 9.47 Å². The normalized spacial score (nSPS) is 11.7. The molecular weight excluding hydrogens is 977 g/mol. The first-order valence-electron chi connectivity index (χ1n) is 27.3. The van der Waals surface area contributed by atoms with Crippen molar-refractivity contribution in [3.05, 3.63) is 301 Å². The first-order valence-corrected chi connectivity index (χ1v) is 27.3. The number of fused-ring (bicyclic) bond motifs is 9. The minimum Gasteiger partial charge on any atom is -0.372 e. The number of ether oxygens (including phenoxy) is 2. The van der Waals surface area contributed by atoms with Crippen LogP contribution < -0.4 is 4.90 Å². The zero-order valence-corrected chi connectivity index (χ0v) is 44.3. The molecule has 6 nitrogen and oxygen atoms in total. The van der Waals surface area contributed by atoms with Crippen molar-refractivity contribution in [2.45, 2.75) is 26.4 Å². The van der Waals surface area contributed by atoms with Crippen molar-refractivity contribution in [1.29, 1.82) is 0 Å². The second-order valence-electron chi connectivity index (χ2n) is 20.5. The zero-order chi connectivity index (χ0) is 53.5. The van der Waals surface area contributed by atoms with Crippen LogP contribution in [-0.4, -0.2) is 13.7 Å². The van der Waals surface area contributed by atoms with Crippen molar-refractivity contribution in [2.75, 3.05) is 4.90 Å². The van der Waals surface area contributed by atoms with Crippen molar-refractivity contribution in [2.24, 2.45) is 0 Å². The standard InChI is InChI=1S/C74H56N4O2/c1-3-51-21-25-53(26-22-51)47-79-49-55-29-43-73-67(45-55)65-15-7-11-19-71(65)77(73)61-39-33-58(34-40-61)75(57-31-37-60(38-32-57)76-69-17-9-5-13-63(69)64-14-6-10-18-70(64)76)59-35-41-62(42-36-59)78-72-20-12-8-16-66(72)68-46-56(30-44-74(68)78)50-80-48-54-27-23-52(4-2)24-28-54/h3-46H,1-2,47-50H2. The molecule has 0 saturated carbocycles. The van der Waals surface area contributed by atoms with Crippen LogP contribution in [0.2, 0.25) is 0 Å². The van der Waals surface area contributed by atoms with Crippen LogP contribution in [0, 0.1) is 0 Å². The second kappa shape index (κ2) is 20.8. The molecular formula is C74H56N4O2. The summed E-state index contributed by atoms with van der Waals surface area (Å²) >= 11 is 0. The molecule has 0 aliphatic carbocycles. The third-order valence-electron chi connectivity index (χ3n) is 15.7. The maximum Gasteiger partial charge on any atom is 0.0721 e. The fraction of sp³-hybridized carbons (Fsp3) is 0.0541. The summed E-state index contributed by atoms with van der Waals surface area (Å²) in [4.78, 5) is 2.36. The highest BCUT2D eigenvalue weighted by atomic mass is 16.5. The molecule has 14 aromatic rings. The monoisotopic (exact) mass is 1030 g/mol. The molecule has 0 fully saturated rings. The highest BCUT2D eigenvalue weighted by Gasteiger charge is 2.19. The Morgan fingerprint density at radius 1 is 0.287 bits per heavy atom. The van der Waals surface area contributed by atoms with Crippen molar-refractivity contribution >= 4 is 94.6 Å². The highest BCUT2D eigenvalue weighted by molar-refractivity contribution is 6.11. The van der Waals surface area contributed by atoms with E-state index in [0.29, 0.717) is 26.4 Å². The Morgan fingerprint density at radius 3 is 0.887 bits per heavy atom. The highest BCUT2D eigenvalue weighted by Crippen LogP contribution is 2.41. The minimum atomic E-state index is 0.521. The lowest BCUT2D eigenvalue weighted by molar-refractivity contribution is 0.107. The number of anilines is 3. The predicted octanol–water partition coefficient (Wildman–Crippen LogP) is 19.2. The second-order valence-corrected chi connectivity index (χ2v) is 20.5. The summed E-state index contributed by atoms with van der Waals surface area (Å²) in [5.41, 5.74) is 20.2. The summed E-state index contributed by atoms with van der Waals surface area (Å²) < 4.78 is 19.6. The van der Waals surface area contributed by atoms with Gasteiger partial charge in [0.15, 0.2) is 0 Å². The average Bonchev–Trinajstić information content (AvgIpc) is 4.21. The minimum absolute atomic E-state index is 0.521. The van der Waals surface area contributed by atoms with E-state index in [-0.39, 0.29) is 0 Å². The molecule has 11 aromatic carbocycles. The molecule has 0 spiro atoms. The number of para-hydroxylation sites is 4. The fourth-order valence-corrected chi connectivity index (χ4v) is 11.7. The molecule has 80 heavy (non-hydrogen) atoms. The van der Waals surface area contributed by atoms with Gasteiger partial charge < -0.3 is 28.1 Å². The van der Waals surface area contributed by atoms with Gasteiger partial charge in [0.1, 0.15) is 0 Å².